The quantitative estimate of drug-likeness (QED) is 0.716. The number of anilines is 1. The van der Waals surface area contributed by atoms with E-state index in [9.17, 15) is 4.79 Å². The number of carboxylic acid groups (broad SMARTS) is 1. The van der Waals surface area contributed by atoms with Gasteiger partial charge in [0.25, 0.3) is 0 Å². The Kier molecular flexibility index (Phi) is 1.58. The van der Waals surface area contributed by atoms with Crippen LogP contribution in [0.2, 0.25) is 0 Å². The van der Waals surface area contributed by atoms with Crippen LogP contribution in [0.15, 0.2) is 6.07 Å². The van der Waals surface area contributed by atoms with E-state index in [0.717, 1.165) is 18.0 Å². The Morgan fingerprint density at radius 1 is 1.75 bits per heavy atom. The lowest BCUT2D eigenvalue weighted by Gasteiger charge is -2.07. The van der Waals surface area contributed by atoms with Crippen molar-refractivity contribution in [3.05, 3.63) is 16.5 Å². The largest absolute Gasteiger partial charge is 0.477 e. The highest BCUT2D eigenvalue weighted by molar-refractivity contribution is 7.18. The lowest BCUT2D eigenvalue weighted by atomic mass is 10.2. The minimum Gasteiger partial charge on any atom is -0.477 e. The standard InChI is InChI=1S/C8H9NO2S/c1-9-3-2-5-4-6(8(10)11)12-7(5)9/h4H,2-3H2,1H3,(H,10,11). The van der Waals surface area contributed by atoms with Crippen LogP contribution < -0.4 is 4.90 Å². The van der Waals surface area contributed by atoms with Crippen molar-refractivity contribution in [2.75, 3.05) is 18.5 Å². The van der Waals surface area contributed by atoms with Gasteiger partial charge in [0.1, 0.15) is 4.88 Å². The third-order valence-electron chi connectivity index (χ3n) is 2.06. The highest BCUT2D eigenvalue weighted by Gasteiger charge is 2.21. The van der Waals surface area contributed by atoms with Crippen LogP contribution >= 0.6 is 11.3 Å². The van der Waals surface area contributed by atoms with Crippen molar-refractivity contribution in [1.82, 2.24) is 0 Å². The lowest BCUT2D eigenvalue weighted by Crippen LogP contribution is -2.11. The van der Waals surface area contributed by atoms with Crippen LogP contribution in [0.4, 0.5) is 5.00 Å². The van der Waals surface area contributed by atoms with Gasteiger partial charge in [-0.25, -0.2) is 4.79 Å². The monoisotopic (exact) mass is 183 g/mol. The Morgan fingerprint density at radius 3 is 3.08 bits per heavy atom. The molecule has 0 amide bonds. The van der Waals surface area contributed by atoms with Gasteiger partial charge in [-0.05, 0) is 18.1 Å². The van der Waals surface area contributed by atoms with E-state index in [1.807, 2.05) is 7.05 Å². The van der Waals surface area contributed by atoms with Crippen LogP contribution in [0.3, 0.4) is 0 Å². The molecule has 0 saturated carbocycles. The molecule has 0 bridgehead atoms. The number of carbonyl (C=O) groups is 1. The number of hydrogen-bond donors (Lipinski definition) is 1. The summed E-state index contributed by atoms with van der Waals surface area (Å²) >= 11 is 1.36. The van der Waals surface area contributed by atoms with Crippen LogP contribution in [0.1, 0.15) is 15.2 Å². The molecular formula is C8H9NO2S. The third kappa shape index (κ3) is 0.992. The number of thiophene rings is 1. The zero-order valence-corrected chi connectivity index (χ0v) is 7.52. The molecule has 2 heterocycles. The molecule has 0 spiro atoms. The molecule has 1 aromatic rings. The number of fused-ring (bicyclic) bond motifs is 1. The summed E-state index contributed by atoms with van der Waals surface area (Å²) in [7, 11) is 1.99. The van der Waals surface area contributed by atoms with Crippen LogP contribution in [0.5, 0.6) is 0 Å². The van der Waals surface area contributed by atoms with E-state index in [1.165, 1.54) is 16.9 Å². The lowest BCUT2D eigenvalue weighted by molar-refractivity contribution is 0.0702. The molecule has 0 fully saturated rings. The third-order valence-corrected chi connectivity index (χ3v) is 3.34. The van der Waals surface area contributed by atoms with Crippen LogP contribution in [0, 0.1) is 0 Å². The maximum atomic E-state index is 10.6. The Balaban J connectivity index is 2.43. The minimum absolute atomic E-state index is 0.451. The maximum Gasteiger partial charge on any atom is 0.345 e. The molecule has 0 aromatic carbocycles. The first-order valence-electron chi connectivity index (χ1n) is 3.75. The molecule has 1 N–H and O–H groups in total. The number of carboxylic acids is 1. The summed E-state index contributed by atoms with van der Waals surface area (Å²) in [6.07, 6.45) is 0.982. The molecule has 4 heteroatoms. The molecule has 0 radical (unpaired) electrons. The first kappa shape index (κ1) is 7.61. The average molecular weight is 183 g/mol. The van der Waals surface area contributed by atoms with Crippen molar-refractivity contribution < 1.29 is 9.90 Å². The minimum atomic E-state index is -0.817. The molecule has 1 aromatic heterocycles. The SMILES string of the molecule is CN1CCc2cc(C(=O)O)sc21. The van der Waals surface area contributed by atoms with E-state index >= 15 is 0 Å². The van der Waals surface area contributed by atoms with Crippen LogP contribution in [-0.2, 0) is 6.42 Å². The second kappa shape index (κ2) is 2.48. The Labute approximate surface area is 74.2 Å². The molecule has 3 nitrogen and oxygen atoms in total. The Bertz CT molecular complexity index is 332. The van der Waals surface area contributed by atoms with Gasteiger partial charge in [-0.2, -0.15) is 0 Å². The summed E-state index contributed by atoms with van der Waals surface area (Å²) in [6, 6.07) is 1.78. The van der Waals surface area contributed by atoms with Gasteiger partial charge in [0.15, 0.2) is 0 Å². The van der Waals surface area contributed by atoms with Crippen molar-refractivity contribution in [1.29, 1.82) is 0 Å². The van der Waals surface area contributed by atoms with Crippen molar-refractivity contribution in [3.8, 4) is 0 Å². The van der Waals surface area contributed by atoms with Gasteiger partial charge in [-0.1, -0.05) is 0 Å². The van der Waals surface area contributed by atoms with Gasteiger partial charge in [-0.3, -0.25) is 0 Å². The summed E-state index contributed by atoms with van der Waals surface area (Å²) < 4.78 is 0. The molecule has 0 saturated heterocycles. The Hall–Kier alpha value is -1.03. The number of aromatic carboxylic acids is 1. The topological polar surface area (TPSA) is 40.5 Å². The van der Waals surface area contributed by atoms with E-state index in [1.54, 1.807) is 6.07 Å². The Morgan fingerprint density at radius 2 is 2.50 bits per heavy atom. The summed E-state index contributed by atoms with van der Waals surface area (Å²) in [5.41, 5.74) is 1.18. The zero-order chi connectivity index (χ0) is 8.72. The number of likely N-dealkylation sites (N-methyl/N-ethyl adjacent to an activating group) is 1. The number of nitrogens with zero attached hydrogens (tertiary/aromatic N) is 1. The number of rotatable bonds is 1. The highest BCUT2D eigenvalue weighted by Crippen LogP contribution is 2.35. The highest BCUT2D eigenvalue weighted by atomic mass is 32.1. The maximum absolute atomic E-state index is 10.6. The van der Waals surface area contributed by atoms with Crippen molar-refractivity contribution in [3.63, 3.8) is 0 Å². The summed E-state index contributed by atoms with van der Waals surface area (Å²) in [5.74, 6) is -0.817. The fourth-order valence-corrected chi connectivity index (χ4v) is 2.45. The molecule has 12 heavy (non-hydrogen) atoms. The summed E-state index contributed by atoms with van der Waals surface area (Å²) in [6.45, 7) is 1.01. The first-order chi connectivity index (χ1) is 5.68. The normalized spacial score (nSPS) is 14.9. The van der Waals surface area contributed by atoms with E-state index in [0.29, 0.717) is 4.88 Å². The van der Waals surface area contributed by atoms with Crippen molar-refractivity contribution >= 4 is 22.3 Å². The van der Waals surface area contributed by atoms with E-state index < -0.39 is 5.97 Å². The molecule has 0 aliphatic carbocycles. The fraction of sp³-hybridized carbons (Fsp3) is 0.375. The van der Waals surface area contributed by atoms with Crippen molar-refractivity contribution in [2.24, 2.45) is 0 Å². The van der Waals surface area contributed by atoms with E-state index in [2.05, 4.69) is 4.90 Å². The van der Waals surface area contributed by atoms with Gasteiger partial charge in [-0.15, -0.1) is 11.3 Å². The van der Waals surface area contributed by atoms with Gasteiger partial charge >= 0.3 is 5.97 Å². The molecule has 0 atom stereocenters. The molecular weight excluding hydrogens is 174 g/mol. The van der Waals surface area contributed by atoms with Gasteiger partial charge in [0, 0.05) is 13.6 Å². The predicted octanol–water partition coefficient (Wildman–Crippen LogP) is 1.44. The zero-order valence-electron chi connectivity index (χ0n) is 6.70. The molecule has 2 rings (SSSR count). The van der Waals surface area contributed by atoms with Crippen LogP contribution in [-0.4, -0.2) is 24.7 Å². The second-order valence-corrected chi connectivity index (χ2v) is 3.95. The van der Waals surface area contributed by atoms with Gasteiger partial charge in [0.2, 0.25) is 0 Å². The smallest absolute Gasteiger partial charge is 0.345 e. The van der Waals surface area contributed by atoms with E-state index in [-0.39, 0.29) is 0 Å². The van der Waals surface area contributed by atoms with Gasteiger partial charge < -0.3 is 10.0 Å². The average Bonchev–Trinajstić information content (AvgIpc) is 2.53. The summed E-state index contributed by atoms with van der Waals surface area (Å²) in [4.78, 5) is 13.2. The van der Waals surface area contributed by atoms with Crippen LogP contribution in [0.25, 0.3) is 0 Å². The van der Waals surface area contributed by atoms with E-state index in [4.69, 9.17) is 5.11 Å². The molecule has 1 aliphatic rings. The first-order valence-corrected chi connectivity index (χ1v) is 4.57. The summed E-state index contributed by atoms with van der Waals surface area (Å²) in [5, 5.41) is 9.84. The second-order valence-electron chi connectivity index (χ2n) is 2.92. The predicted molar refractivity (Wildman–Crippen MR) is 48.3 cm³/mol. The number of hydrogen-bond acceptors (Lipinski definition) is 3. The molecule has 0 unspecified atom stereocenters. The molecule has 1 aliphatic heterocycles. The fourth-order valence-electron chi connectivity index (χ4n) is 1.42. The molecule has 64 valence electrons. The van der Waals surface area contributed by atoms with Crippen molar-refractivity contribution in [2.45, 2.75) is 6.42 Å². The van der Waals surface area contributed by atoms with Gasteiger partial charge in [0.05, 0.1) is 5.00 Å².